The standard InChI is InChI=1S/C24H26N4O4/c25-15-3-6-22(24(30)26-20-11-10-18-4-1-2-5-19(18)16-20)27-23(29)14-9-17-7-12-21(13-8-17)28(31)32/h1-2,4-5,7-8,10-13,16,22H,3,6,9,14-15,25H2,(H,26,30)(H,27,29)/t22-/m0/s1. The van der Waals surface area contributed by atoms with Crippen LogP contribution in [0, 0.1) is 10.1 Å². The predicted octanol–water partition coefficient (Wildman–Crippen LogP) is 3.54. The van der Waals surface area contributed by atoms with Crippen molar-refractivity contribution in [2.75, 3.05) is 11.9 Å². The normalized spacial score (nSPS) is 11.7. The smallest absolute Gasteiger partial charge is 0.269 e. The molecule has 4 N–H and O–H groups in total. The lowest BCUT2D eigenvalue weighted by Crippen LogP contribution is -2.44. The zero-order chi connectivity index (χ0) is 22.9. The van der Waals surface area contributed by atoms with Crippen LogP contribution in [0.15, 0.2) is 66.7 Å². The highest BCUT2D eigenvalue weighted by Gasteiger charge is 2.20. The molecule has 0 saturated carbocycles. The highest BCUT2D eigenvalue weighted by Crippen LogP contribution is 2.19. The molecule has 8 nitrogen and oxygen atoms in total. The molecule has 0 spiro atoms. The summed E-state index contributed by atoms with van der Waals surface area (Å²) in [4.78, 5) is 35.6. The van der Waals surface area contributed by atoms with Crippen LogP contribution in [0.4, 0.5) is 11.4 Å². The van der Waals surface area contributed by atoms with Gasteiger partial charge in [-0.15, -0.1) is 0 Å². The maximum absolute atomic E-state index is 12.8. The fourth-order valence-corrected chi connectivity index (χ4v) is 3.40. The van der Waals surface area contributed by atoms with Gasteiger partial charge in [0.2, 0.25) is 11.8 Å². The average Bonchev–Trinajstić information content (AvgIpc) is 2.80. The van der Waals surface area contributed by atoms with Gasteiger partial charge >= 0.3 is 0 Å². The molecule has 166 valence electrons. The van der Waals surface area contributed by atoms with Gasteiger partial charge < -0.3 is 16.4 Å². The van der Waals surface area contributed by atoms with Gasteiger partial charge in [0.05, 0.1) is 4.92 Å². The van der Waals surface area contributed by atoms with E-state index < -0.39 is 11.0 Å². The zero-order valence-corrected chi connectivity index (χ0v) is 17.6. The minimum Gasteiger partial charge on any atom is -0.344 e. The van der Waals surface area contributed by atoms with Gasteiger partial charge in [-0.3, -0.25) is 19.7 Å². The number of benzene rings is 3. The van der Waals surface area contributed by atoms with Crippen molar-refractivity contribution in [2.24, 2.45) is 5.73 Å². The van der Waals surface area contributed by atoms with Gasteiger partial charge in [0.15, 0.2) is 0 Å². The van der Waals surface area contributed by atoms with E-state index in [1.807, 2.05) is 42.5 Å². The number of rotatable bonds is 10. The van der Waals surface area contributed by atoms with E-state index >= 15 is 0 Å². The van der Waals surface area contributed by atoms with E-state index in [9.17, 15) is 19.7 Å². The summed E-state index contributed by atoms with van der Waals surface area (Å²) in [5.74, 6) is -0.559. The number of nitro groups is 1. The first-order valence-corrected chi connectivity index (χ1v) is 10.5. The number of amides is 2. The summed E-state index contributed by atoms with van der Waals surface area (Å²) < 4.78 is 0. The molecule has 3 aromatic rings. The van der Waals surface area contributed by atoms with E-state index in [4.69, 9.17) is 5.73 Å². The van der Waals surface area contributed by atoms with Gasteiger partial charge in [-0.05, 0) is 54.3 Å². The molecule has 0 saturated heterocycles. The minimum absolute atomic E-state index is 0.00501. The Morgan fingerprint density at radius 2 is 1.72 bits per heavy atom. The number of anilines is 1. The summed E-state index contributed by atoms with van der Waals surface area (Å²) in [5.41, 5.74) is 7.07. The molecule has 0 aliphatic carbocycles. The summed E-state index contributed by atoms with van der Waals surface area (Å²) in [5, 5.41) is 18.5. The van der Waals surface area contributed by atoms with Gasteiger partial charge in [-0.25, -0.2) is 0 Å². The highest BCUT2D eigenvalue weighted by atomic mass is 16.6. The van der Waals surface area contributed by atoms with Crippen molar-refractivity contribution in [2.45, 2.75) is 31.7 Å². The Morgan fingerprint density at radius 1 is 1.00 bits per heavy atom. The SMILES string of the molecule is NCCC[C@H](NC(=O)CCc1ccc([N+](=O)[O-])cc1)C(=O)Nc1ccc2ccccc2c1. The van der Waals surface area contributed by atoms with Crippen LogP contribution < -0.4 is 16.4 Å². The Labute approximate surface area is 186 Å². The number of hydrogen-bond acceptors (Lipinski definition) is 5. The lowest BCUT2D eigenvalue weighted by Gasteiger charge is -2.18. The topological polar surface area (TPSA) is 127 Å². The fraction of sp³-hybridized carbons (Fsp3) is 0.250. The third kappa shape index (κ3) is 6.36. The Hall–Kier alpha value is -3.78. The Kier molecular flexibility index (Phi) is 7.88. The molecule has 0 unspecified atom stereocenters. The van der Waals surface area contributed by atoms with Gasteiger partial charge in [-0.2, -0.15) is 0 Å². The van der Waals surface area contributed by atoms with Crippen LogP contribution in [0.25, 0.3) is 10.8 Å². The first-order chi connectivity index (χ1) is 15.5. The Bertz CT molecular complexity index is 1100. The maximum atomic E-state index is 12.8. The van der Waals surface area contributed by atoms with E-state index in [1.54, 1.807) is 12.1 Å². The van der Waals surface area contributed by atoms with Crippen molar-refractivity contribution >= 4 is 34.0 Å². The number of nitro benzene ring substituents is 1. The second kappa shape index (κ2) is 11.0. The molecule has 0 aliphatic rings. The Balaban J connectivity index is 1.59. The van der Waals surface area contributed by atoms with E-state index in [0.717, 1.165) is 16.3 Å². The molecule has 32 heavy (non-hydrogen) atoms. The van der Waals surface area contributed by atoms with Crippen molar-refractivity contribution in [1.82, 2.24) is 5.32 Å². The molecule has 0 aromatic heterocycles. The van der Waals surface area contributed by atoms with Gasteiger partial charge in [-0.1, -0.05) is 42.5 Å². The van der Waals surface area contributed by atoms with Crippen LogP contribution in [-0.2, 0) is 16.0 Å². The van der Waals surface area contributed by atoms with Gasteiger partial charge in [0, 0.05) is 24.2 Å². The number of aryl methyl sites for hydroxylation is 1. The lowest BCUT2D eigenvalue weighted by atomic mass is 10.1. The van der Waals surface area contributed by atoms with E-state index in [0.29, 0.717) is 31.5 Å². The van der Waals surface area contributed by atoms with E-state index in [-0.39, 0.29) is 23.9 Å². The van der Waals surface area contributed by atoms with Crippen molar-refractivity contribution < 1.29 is 14.5 Å². The third-order valence-corrected chi connectivity index (χ3v) is 5.15. The second-order valence-electron chi connectivity index (χ2n) is 7.53. The number of nitrogens with one attached hydrogen (secondary N) is 2. The van der Waals surface area contributed by atoms with Crippen LogP contribution in [0.2, 0.25) is 0 Å². The van der Waals surface area contributed by atoms with Crippen molar-refractivity contribution in [1.29, 1.82) is 0 Å². The molecule has 0 bridgehead atoms. The highest BCUT2D eigenvalue weighted by molar-refractivity contribution is 5.99. The van der Waals surface area contributed by atoms with Crippen LogP contribution in [0.3, 0.4) is 0 Å². The Morgan fingerprint density at radius 3 is 2.41 bits per heavy atom. The summed E-state index contributed by atoms with van der Waals surface area (Å²) in [6.45, 7) is 0.415. The number of fused-ring (bicyclic) bond motifs is 1. The van der Waals surface area contributed by atoms with Crippen LogP contribution >= 0.6 is 0 Å². The predicted molar refractivity (Wildman–Crippen MR) is 124 cm³/mol. The van der Waals surface area contributed by atoms with Gasteiger partial charge in [0.1, 0.15) is 6.04 Å². The van der Waals surface area contributed by atoms with Crippen LogP contribution in [0.1, 0.15) is 24.8 Å². The van der Waals surface area contributed by atoms with Crippen molar-refractivity contribution in [3.05, 3.63) is 82.4 Å². The van der Waals surface area contributed by atoms with Crippen LogP contribution in [0.5, 0.6) is 0 Å². The van der Waals surface area contributed by atoms with Crippen molar-refractivity contribution in [3.63, 3.8) is 0 Å². The monoisotopic (exact) mass is 434 g/mol. The minimum atomic E-state index is -0.700. The molecular weight excluding hydrogens is 408 g/mol. The molecule has 0 heterocycles. The quantitative estimate of drug-likeness (QED) is 0.332. The third-order valence-electron chi connectivity index (χ3n) is 5.15. The molecule has 0 radical (unpaired) electrons. The number of carbonyl (C=O) groups is 2. The molecule has 3 aromatic carbocycles. The molecule has 0 aliphatic heterocycles. The molecular formula is C24H26N4O4. The first kappa shape index (κ1) is 22.9. The number of nitrogens with two attached hydrogens (primary N) is 1. The molecule has 1 atom stereocenters. The molecule has 2 amide bonds. The summed E-state index contributed by atoms with van der Waals surface area (Å²) in [7, 11) is 0. The largest absolute Gasteiger partial charge is 0.344 e. The summed E-state index contributed by atoms with van der Waals surface area (Å²) in [6.07, 6.45) is 1.61. The molecule has 8 heteroatoms. The number of non-ortho nitro benzene ring substituents is 1. The summed E-state index contributed by atoms with van der Waals surface area (Å²) >= 11 is 0. The van der Waals surface area contributed by atoms with E-state index in [1.165, 1.54) is 12.1 Å². The van der Waals surface area contributed by atoms with Crippen LogP contribution in [-0.4, -0.2) is 29.3 Å². The number of hydrogen-bond donors (Lipinski definition) is 3. The fourth-order valence-electron chi connectivity index (χ4n) is 3.40. The maximum Gasteiger partial charge on any atom is 0.269 e. The lowest BCUT2D eigenvalue weighted by molar-refractivity contribution is -0.384. The van der Waals surface area contributed by atoms with Gasteiger partial charge in [0.25, 0.3) is 5.69 Å². The second-order valence-corrected chi connectivity index (χ2v) is 7.53. The zero-order valence-electron chi connectivity index (χ0n) is 17.6. The van der Waals surface area contributed by atoms with E-state index in [2.05, 4.69) is 10.6 Å². The van der Waals surface area contributed by atoms with Crippen molar-refractivity contribution in [3.8, 4) is 0 Å². The first-order valence-electron chi connectivity index (χ1n) is 10.5. The number of nitrogens with zero attached hydrogens (tertiary/aromatic N) is 1. The average molecular weight is 434 g/mol. The molecule has 0 fully saturated rings. The number of carbonyl (C=O) groups excluding carboxylic acids is 2. The molecule has 3 rings (SSSR count). The summed E-state index contributed by atoms with van der Waals surface area (Å²) in [6, 6.07) is 18.9.